The summed E-state index contributed by atoms with van der Waals surface area (Å²) in [7, 11) is 0. The first-order chi connectivity index (χ1) is 7.72. The molecule has 0 spiro atoms. The predicted molar refractivity (Wildman–Crippen MR) is 63.3 cm³/mol. The molecule has 1 aromatic heterocycles. The van der Waals surface area contributed by atoms with Gasteiger partial charge in [0.25, 0.3) is 0 Å². The maximum atomic E-state index is 5.63. The number of nitrogens with zero attached hydrogens (tertiary/aromatic N) is 3. The summed E-state index contributed by atoms with van der Waals surface area (Å²) in [5, 5.41) is 7.92. The van der Waals surface area contributed by atoms with Crippen LogP contribution in [0.4, 0.5) is 0 Å². The van der Waals surface area contributed by atoms with Crippen molar-refractivity contribution in [2.75, 3.05) is 0 Å². The van der Waals surface area contributed by atoms with Crippen molar-refractivity contribution < 1.29 is 0 Å². The molecule has 0 unspecified atom stereocenters. The molecule has 0 saturated carbocycles. The Morgan fingerprint density at radius 2 is 2.19 bits per heavy atom. The van der Waals surface area contributed by atoms with Crippen molar-refractivity contribution in [1.82, 2.24) is 15.0 Å². The number of hydrogen-bond donors (Lipinski definition) is 1. The third-order valence-electron chi connectivity index (χ3n) is 2.61. The molecular formula is C12H16N4. The van der Waals surface area contributed by atoms with Crippen LogP contribution < -0.4 is 5.73 Å². The maximum absolute atomic E-state index is 5.63. The fraction of sp³-hybridized carbons (Fsp3) is 0.333. The first-order valence-electron chi connectivity index (χ1n) is 5.42. The molecule has 2 aromatic rings. The first-order valence-corrected chi connectivity index (χ1v) is 5.42. The molecule has 0 radical (unpaired) electrons. The van der Waals surface area contributed by atoms with Gasteiger partial charge in [0.05, 0.1) is 17.6 Å². The van der Waals surface area contributed by atoms with Gasteiger partial charge in [0.15, 0.2) is 0 Å². The van der Waals surface area contributed by atoms with E-state index < -0.39 is 0 Å². The van der Waals surface area contributed by atoms with Gasteiger partial charge in [-0.3, -0.25) is 0 Å². The number of hydrogen-bond acceptors (Lipinski definition) is 3. The molecule has 2 N–H and O–H groups in total. The van der Waals surface area contributed by atoms with Crippen LogP contribution in [0.3, 0.4) is 0 Å². The molecule has 0 amide bonds. The second kappa shape index (κ2) is 4.45. The zero-order valence-electron chi connectivity index (χ0n) is 9.59. The van der Waals surface area contributed by atoms with Gasteiger partial charge in [-0.05, 0) is 23.6 Å². The second-order valence-electron chi connectivity index (χ2n) is 4.09. The van der Waals surface area contributed by atoms with Crippen LogP contribution >= 0.6 is 0 Å². The maximum Gasteiger partial charge on any atom is 0.0781 e. The molecule has 4 heteroatoms. The van der Waals surface area contributed by atoms with Crippen LogP contribution in [0.25, 0.3) is 5.69 Å². The Kier molecular flexibility index (Phi) is 3.01. The van der Waals surface area contributed by atoms with Gasteiger partial charge in [-0.2, -0.15) is 0 Å². The van der Waals surface area contributed by atoms with E-state index in [-0.39, 0.29) is 0 Å². The summed E-state index contributed by atoms with van der Waals surface area (Å²) in [6.07, 6.45) is 1.70. The molecule has 16 heavy (non-hydrogen) atoms. The highest BCUT2D eigenvalue weighted by Crippen LogP contribution is 2.18. The number of nitrogens with two attached hydrogens (primary N) is 1. The number of benzene rings is 1. The van der Waals surface area contributed by atoms with Gasteiger partial charge < -0.3 is 5.73 Å². The van der Waals surface area contributed by atoms with Gasteiger partial charge in [-0.15, -0.1) is 5.10 Å². The minimum absolute atomic E-state index is 0.443. The summed E-state index contributed by atoms with van der Waals surface area (Å²) in [6.45, 7) is 4.79. The second-order valence-corrected chi connectivity index (χ2v) is 4.09. The number of rotatable bonds is 3. The van der Waals surface area contributed by atoms with Crippen molar-refractivity contribution in [3.63, 3.8) is 0 Å². The van der Waals surface area contributed by atoms with Gasteiger partial charge >= 0.3 is 0 Å². The smallest absolute Gasteiger partial charge is 0.0781 e. The molecule has 0 aliphatic heterocycles. The van der Waals surface area contributed by atoms with Gasteiger partial charge in [-0.25, -0.2) is 4.68 Å². The lowest BCUT2D eigenvalue weighted by atomic mass is 10.0. The van der Waals surface area contributed by atoms with E-state index in [1.807, 2.05) is 12.1 Å². The molecule has 1 aromatic carbocycles. The zero-order chi connectivity index (χ0) is 11.5. The summed E-state index contributed by atoms with van der Waals surface area (Å²) in [6, 6.07) is 8.29. The highest BCUT2D eigenvalue weighted by atomic mass is 15.4. The van der Waals surface area contributed by atoms with Crippen molar-refractivity contribution in [3.05, 3.63) is 41.7 Å². The van der Waals surface area contributed by atoms with Crippen LogP contribution in [0.5, 0.6) is 0 Å². The largest absolute Gasteiger partial charge is 0.325 e. The third kappa shape index (κ3) is 1.97. The monoisotopic (exact) mass is 216 g/mol. The van der Waals surface area contributed by atoms with Crippen molar-refractivity contribution in [3.8, 4) is 5.69 Å². The topological polar surface area (TPSA) is 56.7 Å². The van der Waals surface area contributed by atoms with Gasteiger partial charge in [0.1, 0.15) is 0 Å². The molecule has 84 valence electrons. The van der Waals surface area contributed by atoms with Crippen LogP contribution in [0.1, 0.15) is 31.0 Å². The van der Waals surface area contributed by atoms with Crippen molar-refractivity contribution in [1.29, 1.82) is 0 Å². The lowest BCUT2D eigenvalue weighted by Crippen LogP contribution is -2.07. The molecule has 0 atom stereocenters. The van der Waals surface area contributed by atoms with E-state index in [4.69, 9.17) is 5.73 Å². The highest BCUT2D eigenvalue weighted by molar-refractivity contribution is 5.37. The fourth-order valence-corrected chi connectivity index (χ4v) is 1.63. The summed E-state index contributed by atoms with van der Waals surface area (Å²) >= 11 is 0. The van der Waals surface area contributed by atoms with Crippen molar-refractivity contribution in [2.45, 2.75) is 26.3 Å². The zero-order valence-corrected chi connectivity index (χ0v) is 9.59. The minimum Gasteiger partial charge on any atom is -0.325 e. The van der Waals surface area contributed by atoms with Crippen LogP contribution in [-0.2, 0) is 6.54 Å². The summed E-state index contributed by atoms with van der Waals surface area (Å²) < 4.78 is 1.78. The van der Waals surface area contributed by atoms with E-state index in [2.05, 4.69) is 36.3 Å². The predicted octanol–water partition coefficient (Wildman–Crippen LogP) is 1.85. The van der Waals surface area contributed by atoms with Crippen LogP contribution in [0.2, 0.25) is 0 Å². The molecule has 0 aliphatic rings. The summed E-state index contributed by atoms with van der Waals surface area (Å²) in [5.41, 5.74) is 8.85. The van der Waals surface area contributed by atoms with E-state index in [1.54, 1.807) is 10.9 Å². The lowest BCUT2D eigenvalue weighted by molar-refractivity contribution is 0.757. The highest BCUT2D eigenvalue weighted by Gasteiger charge is 2.06. The van der Waals surface area contributed by atoms with Crippen molar-refractivity contribution >= 4 is 0 Å². The molecule has 2 rings (SSSR count). The molecule has 0 fully saturated rings. The molecule has 0 saturated heterocycles. The Morgan fingerprint density at radius 3 is 2.88 bits per heavy atom. The van der Waals surface area contributed by atoms with E-state index in [0.717, 1.165) is 11.4 Å². The SMILES string of the molecule is CC(C)c1cccc(-n2nncc2CN)c1. The Hall–Kier alpha value is -1.68. The molecule has 1 heterocycles. The average molecular weight is 216 g/mol. The van der Waals surface area contributed by atoms with Gasteiger partial charge in [0.2, 0.25) is 0 Å². The van der Waals surface area contributed by atoms with E-state index in [9.17, 15) is 0 Å². The van der Waals surface area contributed by atoms with Crippen LogP contribution in [0.15, 0.2) is 30.5 Å². The van der Waals surface area contributed by atoms with Gasteiger partial charge in [-0.1, -0.05) is 31.2 Å². The Bertz CT molecular complexity index is 473. The molecule has 4 nitrogen and oxygen atoms in total. The quantitative estimate of drug-likeness (QED) is 0.851. The average Bonchev–Trinajstić information content (AvgIpc) is 2.77. The Labute approximate surface area is 95.1 Å². The molecule has 0 aliphatic carbocycles. The summed E-state index contributed by atoms with van der Waals surface area (Å²) in [4.78, 5) is 0. The Morgan fingerprint density at radius 1 is 1.38 bits per heavy atom. The van der Waals surface area contributed by atoms with Crippen molar-refractivity contribution in [2.24, 2.45) is 5.73 Å². The minimum atomic E-state index is 0.443. The lowest BCUT2D eigenvalue weighted by Gasteiger charge is -2.09. The number of aromatic nitrogens is 3. The normalized spacial score (nSPS) is 11.0. The third-order valence-corrected chi connectivity index (χ3v) is 2.61. The molecule has 0 bridgehead atoms. The van der Waals surface area contributed by atoms with E-state index in [1.165, 1.54) is 5.56 Å². The fourth-order valence-electron chi connectivity index (χ4n) is 1.63. The van der Waals surface area contributed by atoms with E-state index >= 15 is 0 Å². The van der Waals surface area contributed by atoms with Gasteiger partial charge in [0, 0.05) is 6.54 Å². The van der Waals surface area contributed by atoms with E-state index in [0.29, 0.717) is 12.5 Å². The van der Waals surface area contributed by atoms with Crippen LogP contribution in [0, 0.1) is 0 Å². The Balaban J connectivity index is 2.44. The standard InChI is InChI=1S/C12H16N4/c1-9(2)10-4-3-5-11(6-10)16-12(7-13)8-14-15-16/h3-6,8-9H,7,13H2,1-2H3. The first kappa shape index (κ1) is 10.8. The molecular weight excluding hydrogens is 200 g/mol. The summed E-state index contributed by atoms with van der Waals surface area (Å²) in [5.74, 6) is 0.504. The van der Waals surface area contributed by atoms with Crippen LogP contribution in [-0.4, -0.2) is 15.0 Å².